The molecule has 0 aliphatic rings. The second-order valence-corrected chi connectivity index (χ2v) is 5.59. The number of carbonyl (C=O) groups excluding carboxylic acids is 2. The van der Waals surface area contributed by atoms with Gasteiger partial charge in [-0.2, -0.15) is 0 Å². The number of rotatable bonds is 12. The second kappa shape index (κ2) is 9.73. The van der Waals surface area contributed by atoms with Gasteiger partial charge in [0.05, 0.1) is 0 Å². The first-order valence-electron chi connectivity index (χ1n) is 7.54. The molecule has 8 N–H and O–H groups in total. The summed E-state index contributed by atoms with van der Waals surface area (Å²) < 4.78 is 0. The lowest BCUT2D eigenvalue weighted by Gasteiger charge is -2.33. The number of primary amides is 2. The smallest absolute Gasteiger partial charge is 0.252 e. The molecule has 0 heterocycles. The zero-order valence-corrected chi connectivity index (χ0v) is 12.9. The minimum absolute atomic E-state index is 0.182. The van der Waals surface area contributed by atoms with Crippen molar-refractivity contribution in [1.29, 1.82) is 0 Å². The fourth-order valence-electron chi connectivity index (χ4n) is 2.22. The summed E-state index contributed by atoms with van der Waals surface area (Å²) in [7, 11) is 0. The van der Waals surface area contributed by atoms with Gasteiger partial charge in [-0.1, -0.05) is 39.0 Å². The normalized spacial score (nSPS) is 18.2. The molecule has 0 aliphatic heterocycles. The SMILES string of the molecule is CCCCCCCCC(O)(C(N)=O)C(O)C(O)C(O)C(N)=O. The summed E-state index contributed by atoms with van der Waals surface area (Å²) in [6.07, 6.45) is -1.27. The number of amides is 2. The van der Waals surface area contributed by atoms with Crippen molar-refractivity contribution in [1.82, 2.24) is 0 Å². The molecule has 0 rings (SSSR count). The van der Waals surface area contributed by atoms with Gasteiger partial charge < -0.3 is 31.9 Å². The Balaban J connectivity index is 4.66. The van der Waals surface area contributed by atoms with Crippen LogP contribution in [0.3, 0.4) is 0 Å². The molecule has 0 aromatic carbocycles. The number of aliphatic hydroxyl groups excluding tert-OH is 3. The molecule has 4 unspecified atom stereocenters. The maximum Gasteiger partial charge on any atom is 0.252 e. The third kappa shape index (κ3) is 5.88. The fourth-order valence-corrected chi connectivity index (χ4v) is 2.22. The average molecular weight is 320 g/mol. The van der Waals surface area contributed by atoms with E-state index in [1.54, 1.807) is 0 Å². The van der Waals surface area contributed by atoms with Crippen LogP contribution in [0.1, 0.15) is 51.9 Å². The topological polar surface area (TPSA) is 167 Å². The highest BCUT2D eigenvalue weighted by Gasteiger charge is 2.47. The predicted octanol–water partition coefficient (Wildman–Crippen LogP) is -1.48. The van der Waals surface area contributed by atoms with Crippen LogP contribution in [-0.2, 0) is 9.59 Å². The number of hydrogen-bond acceptors (Lipinski definition) is 6. The molecule has 8 heteroatoms. The lowest BCUT2D eigenvalue weighted by atomic mass is 9.84. The number of hydrogen-bond donors (Lipinski definition) is 6. The maximum atomic E-state index is 11.4. The highest BCUT2D eigenvalue weighted by atomic mass is 16.4. The molecule has 0 radical (unpaired) electrons. The van der Waals surface area contributed by atoms with E-state index < -0.39 is 35.7 Å². The third-order valence-corrected chi connectivity index (χ3v) is 3.77. The van der Waals surface area contributed by atoms with E-state index in [9.17, 15) is 30.0 Å². The van der Waals surface area contributed by atoms with E-state index >= 15 is 0 Å². The van der Waals surface area contributed by atoms with Gasteiger partial charge in [0.2, 0.25) is 5.91 Å². The van der Waals surface area contributed by atoms with Crippen LogP contribution in [0.2, 0.25) is 0 Å². The van der Waals surface area contributed by atoms with Crippen molar-refractivity contribution in [3.05, 3.63) is 0 Å². The highest BCUT2D eigenvalue weighted by molar-refractivity contribution is 5.84. The van der Waals surface area contributed by atoms with Crippen LogP contribution in [0.15, 0.2) is 0 Å². The average Bonchev–Trinajstić information content (AvgIpc) is 2.47. The first-order valence-corrected chi connectivity index (χ1v) is 7.54. The Kier molecular flexibility index (Phi) is 9.19. The van der Waals surface area contributed by atoms with Gasteiger partial charge in [-0.3, -0.25) is 9.59 Å². The highest BCUT2D eigenvalue weighted by Crippen LogP contribution is 2.23. The number of unbranched alkanes of at least 4 members (excludes halogenated alkanes) is 5. The van der Waals surface area contributed by atoms with Crippen molar-refractivity contribution >= 4 is 11.8 Å². The van der Waals surface area contributed by atoms with E-state index in [-0.39, 0.29) is 6.42 Å². The van der Waals surface area contributed by atoms with E-state index in [2.05, 4.69) is 6.92 Å². The Hall–Kier alpha value is -1.22. The standard InChI is InChI=1S/C14H28N2O6/c1-2-3-4-5-6-7-8-14(22,13(16)21)11(19)9(17)10(18)12(15)20/h9-11,17-19,22H,2-8H2,1H3,(H2,15,20)(H2,16,21). The van der Waals surface area contributed by atoms with Gasteiger partial charge in [-0.25, -0.2) is 0 Å². The van der Waals surface area contributed by atoms with Crippen LogP contribution in [-0.4, -0.2) is 56.2 Å². The zero-order valence-electron chi connectivity index (χ0n) is 12.9. The van der Waals surface area contributed by atoms with E-state index in [1.165, 1.54) is 0 Å². The van der Waals surface area contributed by atoms with Crippen LogP contribution in [0.25, 0.3) is 0 Å². The van der Waals surface area contributed by atoms with Crippen molar-refractivity contribution in [2.24, 2.45) is 11.5 Å². The van der Waals surface area contributed by atoms with Gasteiger partial charge in [0.25, 0.3) is 5.91 Å². The van der Waals surface area contributed by atoms with Gasteiger partial charge in [0.15, 0.2) is 11.7 Å². The summed E-state index contributed by atoms with van der Waals surface area (Å²) in [5.41, 5.74) is 7.46. The summed E-state index contributed by atoms with van der Waals surface area (Å²) in [5, 5.41) is 39.1. The van der Waals surface area contributed by atoms with Crippen molar-refractivity contribution in [3.63, 3.8) is 0 Å². The maximum absolute atomic E-state index is 11.4. The molecule has 0 aromatic heterocycles. The molecular formula is C14H28N2O6. The summed E-state index contributed by atoms with van der Waals surface area (Å²) in [5.74, 6) is -2.51. The summed E-state index contributed by atoms with van der Waals surface area (Å²) in [6.45, 7) is 2.08. The molecule has 0 saturated heterocycles. The van der Waals surface area contributed by atoms with Crippen molar-refractivity contribution in [3.8, 4) is 0 Å². The van der Waals surface area contributed by atoms with Crippen LogP contribution in [0, 0.1) is 0 Å². The van der Waals surface area contributed by atoms with Crippen molar-refractivity contribution < 1.29 is 30.0 Å². The predicted molar refractivity (Wildman–Crippen MR) is 79.4 cm³/mol. The van der Waals surface area contributed by atoms with E-state index in [4.69, 9.17) is 11.5 Å². The summed E-state index contributed by atoms with van der Waals surface area (Å²) >= 11 is 0. The van der Waals surface area contributed by atoms with Crippen molar-refractivity contribution in [2.45, 2.75) is 75.8 Å². The van der Waals surface area contributed by atoms with Gasteiger partial charge >= 0.3 is 0 Å². The van der Waals surface area contributed by atoms with Gasteiger partial charge in [-0.15, -0.1) is 0 Å². The molecule has 4 atom stereocenters. The van der Waals surface area contributed by atoms with Gasteiger partial charge in [0, 0.05) is 0 Å². The monoisotopic (exact) mass is 320 g/mol. The minimum Gasteiger partial charge on any atom is -0.387 e. The van der Waals surface area contributed by atoms with Crippen LogP contribution < -0.4 is 11.5 Å². The Morgan fingerprint density at radius 3 is 1.95 bits per heavy atom. The number of aliphatic hydroxyl groups is 4. The Morgan fingerprint density at radius 2 is 1.50 bits per heavy atom. The molecule has 0 saturated carbocycles. The van der Waals surface area contributed by atoms with E-state index in [0.29, 0.717) is 6.42 Å². The molecule has 0 spiro atoms. The number of carbonyl (C=O) groups is 2. The third-order valence-electron chi connectivity index (χ3n) is 3.77. The van der Waals surface area contributed by atoms with Crippen LogP contribution in [0.4, 0.5) is 0 Å². The molecule has 22 heavy (non-hydrogen) atoms. The fraction of sp³-hybridized carbons (Fsp3) is 0.857. The summed E-state index contributed by atoms with van der Waals surface area (Å²) in [4.78, 5) is 22.2. The first-order chi connectivity index (χ1) is 10.2. The first kappa shape index (κ1) is 20.8. The van der Waals surface area contributed by atoms with Crippen LogP contribution in [0.5, 0.6) is 0 Å². The molecule has 0 aliphatic carbocycles. The van der Waals surface area contributed by atoms with E-state index in [1.807, 2.05) is 0 Å². The zero-order chi connectivity index (χ0) is 17.3. The molecule has 0 bridgehead atoms. The lowest BCUT2D eigenvalue weighted by molar-refractivity contribution is -0.176. The Morgan fingerprint density at radius 1 is 1.00 bits per heavy atom. The molecule has 0 fully saturated rings. The van der Waals surface area contributed by atoms with Crippen molar-refractivity contribution in [2.75, 3.05) is 0 Å². The number of nitrogens with two attached hydrogens (primary N) is 2. The second-order valence-electron chi connectivity index (χ2n) is 5.59. The van der Waals surface area contributed by atoms with Gasteiger partial charge in [0.1, 0.15) is 12.2 Å². The molecule has 2 amide bonds. The van der Waals surface area contributed by atoms with Crippen LogP contribution >= 0.6 is 0 Å². The molecule has 130 valence electrons. The van der Waals surface area contributed by atoms with E-state index in [0.717, 1.165) is 32.1 Å². The molecule has 8 nitrogen and oxygen atoms in total. The largest absolute Gasteiger partial charge is 0.387 e. The Labute approximate surface area is 130 Å². The summed E-state index contributed by atoms with van der Waals surface area (Å²) in [6, 6.07) is 0. The van der Waals surface area contributed by atoms with Gasteiger partial charge in [-0.05, 0) is 12.8 Å². The molecule has 0 aromatic rings. The minimum atomic E-state index is -2.43. The Bertz CT molecular complexity index is 365. The molecular weight excluding hydrogens is 292 g/mol. The quantitative estimate of drug-likeness (QED) is 0.240. The lowest BCUT2D eigenvalue weighted by Crippen LogP contribution is -2.61.